The van der Waals surface area contributed by atoms with Crippen LogP contribution in [0.25, 0.3) is 0 Å². The molecule has 0 unspecified atom stereocenters. The molecule has 2 aromatic rings. The first kappa shape index (κ1) is 16.7. The predicted molar refractivity (Wildman–Crippen MR) is 102 cm³/mol. The number of nitrogens with zero attached hydrogens (tertiary/aromatic N) is 1. The van der Waals surface area contributed by atoms with Crippen molar-refractivity contribution in [3.8, 4) is 5.75 Å². The molecule has 5 heteroatoms. The highest BCUT2D eigenvalue weighted by Gasteiger charge is 2.34. The van der Waals surface area contributed by atoms with Gasteiger partial charge in [0.05, 0.1) is 6.04 Å². The second-order valence-electron chi connectivity index (χ2n) is 6.98. The van der Waals surface area contributed by atoms with E-state index in [-0.39, 0.29) is 11.6 Å². The van der Waals surface area contributed by atoms with Crippen molar-refractivity contribution in [2.75, 3.05) is 5.32 Å². The molecule has 1 aliphatic rings. The number of benzene rings is 1. The topological polar surface area (TPSA) is 46.2 Å². The van der Waals surface area contributed by atoms with Crippen LogP contribution in [0.1, 0.15) is 43.0 Å². The number of hydrogen-bond donors (Lipinski definition) is 2. The van der Waals surface area contributed by atoms with Crippen molar-refractivity contribution in [2.24, 2.45) is 0 Å². The van der Waals surface area contributed by atoms with Gasteiger partial charge in [-0.3, -0.25) is 0 Å². The fraction of sp³-hybridized carbons (Fsp3) is 0.368. The Bertz CT molecular complexity index is 756. The summed E-state index contributed by atoms with van der Waals surface area (Å²) in [6, 6.07) is 10.3. The molecule has 3 rings (SSSR count). The molecule has 1 atom stereocenters. The van der Waals surface area contributed by atoms with Gasteiger partial charge in [-0.1, -0.05) is 23.8 Å². The summed E-state index contributed by atoms with van der Waals surface area (Å²) in [6.07, 6.45) is 2.66. The summed E-state index contributed by atoms with van der Waals surface area (Å²) < 4.78 is 6.10. The minimum absolute atomic E-state index is 0.106. The molecule has 0 saturated carbocycles. The summed E-state index contributed by atoms with van der Waals surface area (Å²) in [7, 11) is 0. The van der Waals surface area contributed by atoms with E-state index in [1.54, 1.807) is 0 Å². The summed E-state index contributed by atoms with van der Waals surface area (Å²) in [5.74, 6) is 1.67. The van der Waals surface area contributed by atoms with Gasteiger partial charge in [0.15, 0.2) is 5.11 Å². The third-order valence-electron chi connectivity index (χ3n) is 4.08. The first-order chi connectivity index (χ1) is 11.3. The van der Waals surface area contributed by atoms with Crippen molar-refractivity contribution < 1.29 is 4.74 Å². The maximum atomic E-state index is 6.10. The zero-order valence-corrected chi connectivity index (χ0v) is 15.3. The standard InChI is InChI=1S/C19H23N3OS/c1-12-5-7-16-14(9-12)15(10-19(3,4)23-16)21-18(24)22-17-8-6-13(2)11-20-17/h5-9,11,15H,10H2,1-4H3,(H2,20,21,22,24)/t15-/m1/s1. The number of ether oxygens (including phenoxy) is 1. The van der Waals surface area contributed by atoms with E-state index in [1.807, 2.05) is 31.3 Å². The summed E-state index contributed by atoms with van der Waals surface area (Å²) in [5, 5.41) is 7.15. The van der Waals surface area contributed by atoms with E-state index >= 15 is 0 Å². The highest BCUT2D eigenvalue weighted by molar-refractivity contribution is 7.80. The molecular formula is C19H23N3OS. The number of nitrogens with one attached hydrogen (secondary N) is 2. The van der Waals surface area contributed by atoms with Gasteiger partial charge in [0.2, 0.25) is 0 Å². The largest absolute Gasteiger partial charge is 0.487 e. The first-order valence-corrected chi connectivity index (χ1v) is 8.53. The normalized spacial score (nSPS) is 18.2. The number of aromatic nitrogens is 1. The zero-order valence-electron chi connectivity index (χ0n) is 14.5. The number of rotatable bonds is 2. The van der Waals surface area contributed by atoms with Crippen molar-refractivity contribution >= 4 is 23.1 Å². The van der Waals surface area contributed by atoms with E-state index in [9.17, 15) is 0 Å². The number of anilines is 1. The number of hydrogen-bond acceptors (Lipinski definition) is 3. The lowest BCUT2D eigenvalue weighted by Crippen LogP contribution is -2.42. The van der Waals surface area contributed by atoms with Gasteiger partial charge in [-0.25, -0.2) is 4.98 Å². The molecule has 2 N–H and O–H groups in total. The Morgan fingerprint density at radius 1 is 1.21 bits per heavy atom. The van der Waals surface area contributed by atoms with E-state index in [0.29, 0.717) is 5.11 Å². The monoisotopic (exact) mass is 341 g/mol. The maximum Gasteiger partial charge on any atom is 0.172 e. The number of thiocarbonyl (C=S) groups is 1. The van der Waals surface area contributed by atoms with Crippen molar-refractivity contribution in [1.29, 1.82) is 0 Å². The Hall–Kier alpha value is -2.14. The minimum atomic E-state index is -0.238. The molecule has 4 nitrogen and oxygen atoms in total. The van der Waals surface area contributed by atoms with Crippen molar-refractivity contribution in [2.45, 2.75) is 45.8 Å². The Kier molecular flexibility index (Phi) is 4.45. The van der Waals surface area contributed by atoms with Crippen molar-refractivity contribution in [3.63, 3.8) is 0 Å². The van der Waals surface area contributed by atoms with E-state index in [1.165, 1.54) is 5.56 Å². The molecule has 0 fully saturated rings. The Morgan fingerprint density at radius 2 is 1.96 bits per heavy atom. The zero-order chi connectivity index (χ0) is 17.3. The van der Waals surface area contributed by atoms with Crippen LogP contribution in [0.5, 0.6) is 5.75 Å². The van der Waals surface area contributed by atoms with Crippen LogP contribution in [0.2, 0.25) is 0 Å². The molecule has 0 saturated heterocycles. The lowest BCUT2D eigenvalue weighted by atomic mass is 9.89. The summed E-state index contributed by atoms with van der Waals surface area (Å²) >= 11 is 5.48. The summed E-state index contributed by atoms with van der Waals surface area (Å²) in [5.41, 5.74) is 3.24. The Labute approximate surface area is 148 Å². The lowest BCUT2D eigenvalue weighted by molar-refractivity contribution is 0.0696. The van der Waals surface area contributed by atoms with Gasteiger partial charge >= 0.3 is 0 Å². The van der Waals surface area contributed by atoms with Gasteiger partial charge in [0.25, 0.3) is 0 Å². The van der Waals surface area contributed by atoms with Gasteiger partial charge in [-0.05, 0) is 57.6 Å². The fourth-order valence-corrected chi connectivity index (χ4v) is 3.20. The van der Waals surface area contributed by atoms with Gasteiger partial charge < -0.3 is 15.4 Å². The highest BCUT2D eigenvalue weighted by Crippen LogP contribution is 2.39. The summed E-state index contributed by atoms with van der Waals surface area (Å²) in [6.45, 7) is 8.30. The average Bonchev–Trinajstić information content (AvgIpc) is 2.49. The van der Waals surface area contributed by atoms with Gasteiger partial charge in [0, 0.05) is 18.2 Å². The second-order valence-corrected chi connectivity index (χ2v) is 7.39. The molecule has 24 heavy (non-hydrogen) atoms. The average molecular weight is 341 g/mol. The molecule has 0 bridgehead atoms. The number of pyridine rings is 1. The van der Waals surface area contributed by atoms with Crippen LogP contribution in [0, 0.1) is 13.8 Å². The molecule has 1 aromatic heterocycles. The van der Waals surface area contributed by atoms with E-state index in [2.05, 4.69) is 48.5 Å². The van der Waals surface area contributed by atoms with E-state index < -0.39 is 0 Å². The third kappa shape index (κ3) is 3.85. The second kappa shape index (κ2) is 6.40. The summed E-state index contributed by atoms with van der Waals surface area (Å²) in [4.78, 5) is 4.34. The molecule has 2 heterocycles. The third-order valence-corrected chi connectivity index (χ3v) is 4.30. The van der Waals surface area contributed by atoms with Crippen LogP contribution in [0.15, 0.2) is 36.5 Å². The van der Waals surface area contributed by atoms with Gasteiger partial charge in [-0.15, -0.1) is 0 Å². The molecular weight excluding hydrogens is 318 g/mol. The molecule has 0 radical (unpaired) electrons. The molecule has 0 amide bonds. The van der Waals surface area contributed by atoms with Crippen LogP contribution in [0.3, 0.4) is 0 Å². The van der Waals surface area contributed by atoms with E-state index in [4.69, 9.17) is 17.0 Å². The van der Waals surface area contributed by atoms with Crippen LogP contribution < -0.4 is 15.4 Å². The van der Waals surface area contributed by atoms with E-state index in [0.717, 1.165) is 29.1 Å². The smallest absolute Gasteiger partial charge is 0.172 e. The quantitative estimate of drug-likeness (QED) is 0.798. The number of fused-ring (bicyclic) bond motifs is 1. The fourth-order valence-electron chi connectivity index (χ4n) is 2.96. The molecule has 1 aromatic carbocycles. The van der Waals surface area contributed by atoms with Gasteiger partial charge in [0.1, 0.15) is 17.2 Å². The van der Waals surface area contributed by atoms with Gasteiger partial charge in [-0.2, -0.15) is 0 Å². The van der Waals surface area contributed by atoms with Crippen molar-refractivity contribution in [1.82, 2.24) is 10.3 Å². The molecule has 126 valence electrons. The molecule has 0 spiro atoms. The molecule has 1 aliphatic heterocycles. The van der Waals surface area contributed by atoms with Crippen molar-refractivity contribution in [3.05, 3.63) is 53.2 Å². The minimum Gasteiger partial charge on any atom is -0.487 e. The SMILES string of the molecule is Cc1ccc(NC(=S)N[C@@H]2CC(C)(C)Oc3ccc(C)cc32)nc1. The van der Waals surface area contributed by atoms with Crippen LogP contribution in [0.4, 0.5) is 5.82 Å². The Morgan fingerprint density at radius 3 is 2.67 bits per heavy atom. The first-order valence-electron chi connectivity index (χ1n) is 8.12. The van der Waals surface area contributed by atoms with Crippen LogP contribution >= 0.6 is 12.2 Å². The predicted octanol–water partition coefficient (Wildman–Crippen LogP) is 4.29. The highest BCUT2D eigenvalue weighted by atomic mass is 32.1. The van der Waals surface area contributed by atoms with Crippen LogP contribution in [-0.2, 0) is 0 Å². The van der Waals surface area contributed by atoms with Crippen LogP contribution in [-0.4, -0.2) is 15.7 Å². The lowest BCUT2D eigenvalue weighted by Gasteiger charge is -2.38. The number of aryl methyl sites for hydroxylation is 2. The molecule has 0 aliphatic carbocycles. The Balaban J connectivity index is 1.77. The maximum absolute atomic E-state index is 6.10.